The average Bonchev–Trinajstić information content (AvgIpc) is 2.65. The highest BCUT2D eigenvalue weighted by atomic mass is 19.4. The summed E-state index contributed by atoms with van der Waals surface area (Å²) in [6.07, 6.45) is -4.65. The van der Waals surface area contributed by atoms with Gasteiger partial charge in [0.05, 0.1) is 19.7 Å². The Labute approximate surface area is 160 Å². The molecule has 0 aliphatic heterocycles. The Balaban J connectivity index is 2.10. The first-order valence-electron chi connectivity index (χ1n) is 8.61. The van der Waals surface area contributed by atoms with E-state index in [1.807, 2.05) is 12.1 Å². The number of halogens is 3. The predicted molar refractivity (Wildman–Crippen MR) is 101 cm³/mol. The van der Waals surface area contributed by atoms with E-state index >= 15 is 0 Å². The van der Waals surface area contributed by atoms with Crippen LogP contribution >= 0.6 is 0 Å². The summed E-state index contributed by atoms with van der Waals surface area (Å²) in [5.41, 5.74) is 0.774. The molecule has 0 unspecified atom stereocenters. The van der Waals surface area contributed by atoms with Crippen LogP contribution in [0, 0.1) is 0 Å². The fraction of sp³-hybridized carbons (Fsp3) is 0.300. The second-order valence-corrected chi connectivity index (χ2v) is 6.52. The fourth-order valence-corrected chi connectivity index (χ4v) is 2.81. The number of alkyl halides is 3. The highest BCUT2D eigenvalue weighted by Crippen LogP contribution is 2.39. The molecule has 3 aromatic rings. The number of nitrogens with one attached hydrogen (secondary N) is 1. The molecular weight excluding hydrogens is 371 g/mol. The number of hydrogen-bond donors (Lipinski definition) is 1. The number of ether oxygens (including phenoxy) is 2. The van der Waals surface area contributed by atoms with E-state index in [-0.39, 0.29) is 28.4 Å². The molecule has 0 atom stereocenters. The molecule has 2 aromatic carbocycles. The molecule has 1 N–H and O–H groups in total. The van der Waals surface area contributed by atoms with Gasteiger partial charge in [-0.2, -0.15) is 13.2 Å². The largest absolute Gasteiger partial charge is 0.493 e. The number of fused-ring (bicyclic) bond motifs is 1. The zero-order valence-electron chi connectivity index (χ0n) is 15.9. The molecule has 1 heterocycles. The lowest BCUT2D eigenvalue weighted by molar-refractivity contribution is -0.139. The van der Waals surface area contributed by atoms with Crippen LogP contribution in [0.15, 0.2) is 36.4 Å². The van der Waals surface area contributed by atoms with E-state index < -0.39 is 11.9 Å². The maximum absolute atomic E-state index is 13.6. The molecule has 3 rings (SSSR count). The van der Waals surface area contributed by atoms with Gasteiger partial charge < -0.3 is 14.8 Å². The molecule has 28 heavy (non-hydrogen) atoms. The van der Waals surface area contributed by atoms with Crippen molar-refractivity contribution < 1.29 is 22.6 Å². The number of benzene rings is 2. The Morgan fingerprint density at radius 2 is 1.54 bits per heavy atom. The zero-order valence-corrected chi connectivity index (χ0v) is 15.9. The van der Waals surface area contributed by atoms with E-state index in [2.05, 4.69) is 29.1 Å². The maximum atomic E-state index is 13.6. The van der Waals surface area contributed by atoms with Crippen molar-refractivity contribution in [3.05, 3.63) is 47.7 Å². The lowest BCUT2D eigenvalue weighted by Gasteiger charge is -2.15. The molecule has 0 bridgehead atoms. The first-order chi connectivity index (χ1) is 13.2. The van der Waals surface area contributed by atoms with Gasteiger partial charge in [-0.05, 0) is 29.7 Å². The van der Waals surface area contributed by atoms with E-state index in [4.69, 9.17) is 9.47 Å². The van der Waals surface area contributed by atoms with E-state index in [0.717, 1.165) is 5.56 Å². The molecule has 0 saturated heterocycles. The van der Waals surface area contributed by atoms with Crippen molar-refractivity contribution in [3.63, 3.8) is 0 Å². The summed E-state index contributed by atoms with van der Waals surface area (Å²) in [6, 6.07) is 10.0. The zero-order chi connectivity index (χ0) is 20.5. The second-order valence-electron chi connectivity index (χ2n) is 6.52. The van der Waals surface area contributed by atoms with Gasteiger partial charge in [0.2, 0.25) is 5.95 Å². The van der Waals surface area contributed by atoms with Crippen molar-refractivity contribution in [2.75, 3.05) is 19.5 Å². The minimum absolute atomic E-state index is 0.0984. The summed E-state index contributed by atoms with van der Waals surface area (Å²) in [7, 11) is 2.76. The third-order valence-electron chi connectivity index (χ3n) is 4.30. The van der Waals surface area contributed by atoms with Gasteiger partial charge in [-0.1, -0.05) is 26.0 Å². The molecule has 0 aliphatic rings. The van der Waals surface area contributed by atoms with Gasteiger partial charge in [0.25, 0.3) is 0 Å². The van der Waals surface area contributed by atoms with Gasteiger partial charge in [0.15, 0.2) is 17.2 Å². The molecule has 1 aromatic heterocycles. The Morgan fingerprint density at radius 3 is 2.07 bits per heavy atom. The van der Waals surface area contributed by atoms with Crippen molar-refractivity contribution >= 4 is 22.5 Å². The van der Waals surface area contributed by atoms with Crippen LogP contribution in [0.25, 0.3) is 10.9 Å². The van der Waals surface area contributed by atoms with Crippen molar-refractivity contribution in [1.82, 2.24) is 9.97 Å². The van der Waals surface area contributed by atoms with E-state index in [9.17, 15) is 13.2 Å². The van der Waals surface area contributed by atoms with Gasteiger partial charge in [0, 0.05) is 17.1 Å². The monoisotopic (exact) mass is 391 g/mol. The third-order valence-corrected chi connectivity index (χ3v) is 4.30. The number of methoxy groups -OCH3 is 2. The fourth-order valence-electron chi connectivity index (χ4n) is 2.81. The summed E-state index contributed by atoms with van der Waals surface area (Å²) in [6.45, 7) is 4.12. The predicted octanol–water partition coefficient (Wildman–Crippen LogP) is 5.53. The van der Waals surface area contributed by atoms with Gasteiger partial charge >= 0.3 is 6.18 Å². The van der Waals surface area contributed by atoms with Gasteiger partial charge in [-0.3, -0.25) is 0 Å². The third kappa shape index (κ3) is 3.95. The van der Waals surface area contributed by atoms with Crippen LogP contribution in [0.1, 0.15) is 31.0 Å². The molecule has 0 radical (unpaired) electrons. The molecule has 5 nitrogen and oxygen atoms in total. The van der Waals surface area contributed by atoms with Crippen LogP contribution in [0.4, 0.5) is 24.8 Å². The van der Waals surface area contributed by atoms with Crippen LogP contribution in [-0.2, 0) is 6.18 Å². The van der Waals surface area contributed by atoms with Gasteiger partial charge in [0.1, 0.15) is 0 Å². The van der Waals surface area contributed by atoms with Crippen LogP contribution in [0.3, 0.4) is 0 Å². The second kappa shape index (κ2) is 7.53. The highest BCUT2D eigenvalue weighted by molar-refractivity contribution is 5.86. The molecule has 0 spiro atoms. The van der Waals surface area contributed by atoms with Crippen LogP contribution < -0.4 is 14.8 Å². The molecule has 0 aliphatic carbocycles. The minimum atomic E-state index is -4.65. The molecule has 0 amide bonds. The van der Waals surface area contributed by atoms with E-state index in [0.29, 0.717) is 11.6 Å². The Morgan fingerprint density at radius 1 is 0.929 bits per heavy atom. The van der Waals surface area contributed by atoms with Crippen molar-refractivity contribution in [2.24, 2.45) is 0 Å². The summed E-state index contributed by atoms with van der Waals surface area (Å²) in [5, 5.41) is 2.69. The van der Waals surface area contributed by atoms with Crippen molar-refractivity contribution in [2.45, 2.75) is 25.9 Å². The lowest BCUT2D eigenvalue weighted by atomic mass is 10.0. The van der Waals surface area contributed by atoms with Gasteiger partial charge in [-0.25, -0.2) is 9.97 Å². The molecular formula is C20H20F3N3O2. The number of aromatic nitrogens is 2. The number of hydrogen-bond acceptors (Lipinski definition) is 5. The standard InChI is InChI=1S/C20H20F3N3O2/c1-11(2)12-5-7-13(8-6-12)24-19-25-15-10-17(28-4)16(27-3)9-14(15)18(26-19)20(21,22)23/h5-11H,1-4H3,(H,24,25,26). The molecule has 0 fully saturated rings. The summed E-state index contributed by atoms with van der Waals surface area (Å²) >= 11 is 0. The quantitative estimate of drug-likeness (QED) is 0.619. The Bertz CT molecular complexity index is 987. The Hall–Kier alpha value is -3.03. The number of nitrogens with zero attached hydrogens (tertiary/aromatic N) is 2. The van der Waals surface area contributed by atoms with Crippen LogP contribution in [0.5, 0.6) is 11.5 Å². The Kier molecular flexibility index (Phi) is 5.31. The number of anilines is 2. The van der Waals surface area contributed by atoms with Crippen molar-refractivity contribution in [1.29, 1.82) is 0 Å². The molecule has 0 saturated carbocycles. The normalized spacial score (nSPS) is 11.7. The molecule has 148 valence electrons. The van der Waals surface area contributed by atoms with Crippen LogP contribution in [0.2, 0.25) is 0 Å². The van der Waals surface area contributed by atoms with Crippen molar-refractivity contribution in [3.8, 4) is 11.5 Å². The highest BCUT2D eigenvalue weighted by Gasteiger charge is 2.36. The topological polar surface area (TPSA) is 56.3 Å². The summed E-state index contributed by atoms with van der Waals surface area (Å²) in [5.74, 6) is 0.665. The number of rotatable bonds is 5. The van der Waals surface area contributed by atoms with Gasteiger partial charge in [-0.15, -0.1) is 0 Å². The first-order valence-corrected chi connectivity index (χ1v) is 8.61. The first kappa shape index (κ1) is 19.7. The van der Waals surface area contributed by atoms with E-state index in [1.165, 1.54) is 26.4 Å². The minimum Gasteiger partial charge on any atom is -0.493 e. The smallest absolute Gasteiger partial charge is 0.434 e. The van der Waals surface area contributed by atoms with Crippen LogP contribution in [-0.4, -0.2) is 24.2 Å². The molecule has 8 heteroatoms. The SMILES string of the molecule is COc1cc2nc(Nc3ccc(C(C)C)cc3)nc(C(F)(F)F)c2cc1OC. The maximum Gasteiger partial charge on any atom is 0.434 e. The summed E-state index contributed by atoms with van der Waals surface area (Å²) < 4.78 is 51.1. The summed E-state index contributed by atoms with van der Waals surface area (Å²) in [4.78, 5) is 7.94. The van der Waals surface area contributed by atoms with E-state index in [1.54, 1.807) is 12.1 Å². The average molecular weight is 391 g/mol. The lowest BCUT2D eigenvalue weighted by Crippen LogP contribution is -2.12.